The van der Waals surface area contributed by atoms with Gasteiger partial charge in [0.25, 0.3) is 0 Å². The topological polar surface area (TPSA) is 102 Å². The van der Waals surface area contributed by atoms with Crippen molar-refractivity contribution in [2.24, 2.45) is 11.8 Å². The van der Waals surface area contributed by atoms with E-state index in [0.717, 1.165) is 5.56 Å². The van der Waals surface area contributed by atoms with E-state index in [-0.39, 0.29) is 18.0 Å². The lowest BCUT2D eigenvalue weighted by Crippen LogP contribution is -2.38. The minimum Gasteiger partial charge on any atom is -0.482 e. The molecule has 1 N–H and O–H groups in total. The lowest BCUT2D eigenvalue weighted by molar-refractivity contribution is -0.162. The van der Waals surface area contributed by atoms with Gasteiger partial charge in [0.15, 0.2) is 6.61 Å². The van der Waals surface area contributed by atoms with Crippen molar-refractivity contribution in [3.63, 3.8) is 0 Å². The molecule has 1 saturated heterocycles. The maximum absolute atomic E-state index is 13.1. The predicted molar refractivity (Wildman–Crippen MR) is 119 cm³/mol. The summed E-state index contributed by atoms with van der Waals surface area (Å²) >= 11 is 0. The molecule has 1 fully saturated rings. The lowest BCUT2D eigenvalue weighted by atomic mass is 9.86. The number of nitrogens with zero attached hydrogens (tertiary/aromatic N) is 1. The Bertz CT molecular complexity index is 822. The fourth-order valence-electron chi connectivity index (χ4n) is 3.59. The number of carbonyl (C=O) groups is 3. The Morgan fingerprint density at radius 3 is 2.34 bits per heavy atom. The largest absolute Gasteiger partial charge is 0.482 e. The molecule has 0 unspecified atom stereocenters. The second-order valence-electron chi connectivity index (χ2n) is 10.1. The first-order valence-electron chi connectivity index (χ1n) is 10.9. The number of carboxylic acid groups (broad SMARTS) is 1. The van der Waals surface area contributed by atoms with Crippen LogP contribution in [0.3, 0.4) is 0 Å². The fraction of sp³-hybridized carbons (Fsp3) is 0.625. The molecule has 0 spiro atoms. The average molecular weight is 450 g/mol. The van der Waals surface area contributed by atoms with Crippen molar-refractivity contribution < 1.29 is 33.7 Å². The van der Waals surface area contributed by atoms with Crippen LogP contribution in [0, 0.1) is 11.8 Å². The predicted octanol–water partition coefficient (Wildman–Crippen LogP) is 3.91. The summed E-state index contributed by atoms with van der Waals surface area (Å²) in [6, 6.07) is 7.04. The molecule has 1 aliphatic rings. The van der Waals surface area contributed by atoms with E-state index in [1.807, 2.05) is 47.6 Å². The summed E-state index contributed by atoms with van der Waals surface area (Å²) < 4.78 is 16.4. The number of carbonyl (C=O) groups excluding carboxylic acids is 2. The van der Waals surface area contributed by atoms with Gasteiger partial charge in [-0.3, -0.25) is 4.79 Å². The number of benzene rings is 1. The minimum atomic E-state index is -1.06. The van der Waals surface area contributed by atoms with Crippen LogP contribution in [-0.2, 0) is 25.5 Å². The summed E-state index contributed by atoms with van der Waals surface area (Å²) in [5.74, 6) is -1.49. The zero-order valence-corrected chi connectivity index (χ0v) is 19.8. The van der Waals surface area contributed by atoms with Crippen molar-refractivity contribution in [1.29, 1.82) is 0 Å². The molecule has 1 amide bonds. The third kappa shape index (κ3) is 8.40. The van der Waals surface area contributed by atoms with Gasteiger partial charge in [-0.25, -0.2) is 9.59 Å². The normalized spacial score (nSPS) is 17.6. The van der Waals surface area contributed by atoms with Crippen LogP contribution in [0.2, 0.25) is 0 Å². The van der Waals surface area contributed by atoms with Gasteiger partial charge >= 0.3 is 18.0 Å². The highest BCUT2D eigenvalue weighted by molar-refractivity contribution is 5.74. The number of amides is 1. The van der Waals surface area contributed by atoms with Crippen LogP contribution < -0.4 is 4.74 Å². The Labute approximate surface area is 189 Å². The molecule has 1 aromatic rings. The van der Waals surface area contributed by atoms with Crippen LogP contribution in [0.15, 0.2) is 24.3 Å². The van der Waals surface area contributed by atoms with E-state index in [1.165, 1.54) is 0 Å². The van der Waals surface area contributed by atoms with Gasteiger partial charge in [0, 0.05) is 13.1 Å². The van der Waals surface area contributed by atoms with Crippen LogP contribution in [0.4, 0.5) is 4.79 Å². The molecule has 2 rings (SSSR count). The number of ether oxygens (including phenoxy) is 3. The van der Waals surface area contributed by atoms with E-state index in [4.69, 9.17) is 19.3 Å². The van der Waals surface area contributed by atoms with Crippen LogP contribution >= 0.6 is 0 Å². The number of carboxylic acids is 1. The van der Waals surface area contributed by atoms with E-state index in [1.54, 1.807) is 23.1 Å². The van der Waals surface area contributed by atoms with Gasteiger partial charge in [-0.1, -0.05) is 12.1 Å². The maximum atomic E-state index is 13.1. The molecular formula is C24H35NO7. The Morgan fingerprint density at radius 1 is 1.09 bits per heavy atom. The van der Waals surface area contributed by atoms with Crippen molar-refractivity contribution in [1.82, 2.24) is 4.90 Å². The second-order valence-corrected chi connectivity index (χ2v) is 10.1. The third-order valence-electron chi connectivity index (χ3n) is 4.87. The molecule has 32 heavy (non-hydrogen) atoms. The first-order chi connectivity index (χ1) is 14.7. The quantitative estimate of drug-likeness (QED) is 0.630. The number of hydrogen-bond acceptors (Lipinski definition) is 6. The Morgan fingerprint density at radius 2 is 1.75 bits per heavy atom. The molecule has 2 atom stereocenters. The van der Waals surface area contributed by atoms with Gasteiger partial charge in [-0.2, -0.15) is 0 Å². The number of rotatable bonds is 7. The summed E-state index contributed by atoms with van der Waals surface area (Å²) in [6.45, 7) is 11.4. The zero-order valence-electron chi connectivity index (χ0n) is 19.8. The Hall–Kier alpha value is -2.77. The van der Waals surface area contributed by atoms with Gasteiger partial charge in [-0.15, -0.1) is 0 Å². The molecule has 0 saturated carbocycles. The molecule has 0 bridgehead atoms. The van der Waals surface area contributed by atoms with Crippen LogP contribution in [0.25, 0.3) is 0 Å². The summed E-state index contributed by atoms with van der Waals surface area (Å²) in [5.41, 5.74) is -0.388. The highest BCUT2D eigenvalue weighted by Gasteiger charge is 2.39. The molecule has 8 nitrogen and oxygen atoms in total. The molecule has 178 valence electrons. The number of esters is 1. The fourth-order valence-corrected chi connectivity index (χ4v) is 3.59. The lowest BCUT2D eigenvalue weighted by Gasteiger charge is -2.28. The van der Waals surface area contributed by atoms with Crippen molar-refractivity contribution in [2.75, 3.05) is 19.7 Å². The standard InChI is InChI=1S/C24H35NO7/c1-23(2,3)31-21(28)19(13-16-8-7-9-18(12-16)30-15-20(26)27)17-10-11-25(14-17)22(29)32-24(4,5)6/h7-9,12,17,19H,10-11,13-15H2,1-6H3,(H,26,27)/t17-,19-/m0/s1. The monoisotopic (exact) mass is 449 g/mol. The SMILES string of the molecule is CC(C)(C)OC(=O)[C@@H](Cc1cccc(OCC(=O)O)c1)[C@H]1CCN(C(=O)OC(C)(C)C)C1. The van der Waals surface area contributed by atoms with Crippen molar-refractivity contribution >= 4 is 18.0 Å². The Kier molecular flexibility index (Phi) is 8.15. The van der Waals surface area contributed by atoms with Gasteiger partial charge in [-0.05, 0) is 78.0 Å². The van der Waals surface area contributed by atoms with E-state index < -0.39 is 29.7 Å². The molecular weight excluding hydrogens is 414 g/mol. The molecule has 0 aromatic heterocycles. The first-order valence-corrected chi connectivity index (χ1v) is 10.9. The summed E-state index contributed by atoms with van der Waals surface area (Å²) in [6.07, 6.45) is 0.677. The van der Waals surface area contributed by atoms with E-state index in [0.29, 0.717) is 31.7 Å². The van der Waals surface area contributed by atoms with Gasteiger partial charge in [0.1, 0.15) is 17.0 Å². The average Bonchev–Trinajstić information content (AvgIpc) is 3.12. The molecule has 0 radical (unpaired) electrons. The zero-order chi connectivity index (χ0) is 24.1. The van der Waals surface area contributed by atoms with Crippen molar-refractivity contribution in [3.8, 4) is 5.75 Å². The second kappa shape index (κ2) is 10.2. The summed E-state index contributed by atoms with van der Waals surface area (Å²) in [4.78, 5) is 38.0. The van der Waals surface area contributed by atoms with Gasteiger partial charge < -0.3 is 24.2 Å². The number of hydrogen-bond donors (Lipinski definition) is 1. The molecule has 1 aliphatic heterocycles. The molecule has 0 aliphatic carbocycles. The maximum Gasteiger partial charge on any atom is 0.410 e. The Balaban J connectivity index is 2.17. The summed E-state index contributed by atoms with van der Waals surface area (Å²) in [7, 11) is 0. The smallest absolute Gasteiger partial charge is 0.410 e. The van der Waals surface area contributed by atoms with Crippen LogP contribution in [-0.4, -0.2) is 58.9 Å². The highest BCUT2D eigenvalue weighted by Crippen LogP contribution is 2.31. The van der Waals surface area contributed by atoms with Gasteiger partial charge in [0.2, 0.25) is 0 Å². The van der Waals surface area contributed by atoms with E-state index in [9.17, 15) is 14.4 Å². The van der Waals surface area contributed by atoms with Gasteiger partial charge in [0.05, 0.1) is 5.92 Å². The number of likely N-dealkylation sites (tertiary alicyclic amines) is 1. The molecule has 1 heterocycles. The molecule has 1 aromatic carbocycles. The number of aliphatic carboxylic acids is 1. The molecule has 8 heteroatoms. The highest BCUT2D eigenvalue weighted by atomic mass is 16.6. The summed E-state index contributed by atoms with van der Waals surface area (Å²) in [5, 5.41) is 8.83. The van der Waals surface area contributed by atoms with Crippen molar-refractivity contribution in [3.05, 3.63) is 29.8 Å². The minimum absolute atomic E-state index is 0.0824. The first kappa shape index (κ1) is 25.5. The van der Waals surface area contributed by atoms with Crippen molar-refractivity contribution in [2.45, 2.75) is 65.6 Å². The third-order valence-corrected chi connectivity index (χ3v) is 4.87. The van der Waals surface area contributed by atoms with E-state index in [2.05, 4.69) is 0 Å². The van der Waals surface area contributed by atoms with Crippen LogP contribution in [0.5, 0.6) is 5.75 Å². The van der Waals surface area contributed by atoms with E-state index >= 15 is 0 Å². The van der Waals surface area contributed by atoms with Crippen LogP contribution in [0.1, 0.15) is 53.5 Å².